The third-order valence-electron chi connectivity index (χ3n) is 3.60. The summed E-state index contributed by atoms with van der Waals surface area (Å²) in [6, 6.07) is 0. The standard InChI is InChI=1S/C13H24N2O3/c1-12(2,14)7-4-10(16)15-9-13(5-3-6-13)8-11(17)18/h3-9,14H2,1-2H3,(H,15,16)(H,17,18). The van der Waals surface area contributed by atoms with Crippen LogP contribution in [0.3, 0.4) is 0 Å². The molecule has 18 heavy (non-hydrogen) atoms. The smallest absolute Gasteiger partial charge is 0.303 e. The Bertz CT molecular complexity index is 317. The number of nitrogens with two attached hydrogens (primary N) is 1. The summed E-state index contributed by atoms with van der Waals surface area (Å²) in [7, 11) is 0. The Labute approximate surface area is 108 Å². The summed E-state index contributed by atoms with van der Waals surface area (Å²) in [5, 5.41) is 11.7. The molecular formula is C13H24N2O3. The average molecular weight is 256 g/mol. The van der Waals surface area contributed by atoms with Crippen molar-refractivity contribution in [1.29, 1.82) is 0 Å². The molecule has 0 aromatic rings. The Kier molecular flexibility index (Phi) is 4.73. The van der Waals surface area contributed by atoms with Crippen molar-refractivity contribution in [2.45, 2.75) is 57.9 Å². The summed E-state index contributed by atoms with van der Waals surface area (Å²) in [6.45, 7) is 4.25. The minimum atomic E-state index is -0.785. The van der Waals surface area contributed by atoms with E-state index in [4.69, 9.17) is 10.8 Å². The van der Waals surface area contributed by atoms with E-state index in [0.29, 0.717) is 19.4 Å². The molecule has 1 aliphatic rings. The van der Waals surface area contributed by atoms with Gasteiger partial charge in [0.2, 0.25) is 5.91 Å². The molecule has 0 aromatic carbocycles. The molecule has 0 radical (unpaired) electrons. The number of aliphatic carboxylic acids is 1. The van der Waals surface area contributed by atoms with Crippen molar-refractivity contribution in [3.05, 3.63) is 0 Å². The van der Waals surface area contributed by atoms with Crippen LogP contribution >= 0.6 is 0 Å². The average Bonchev–Trinajstić information content (AvgIpc) is 2.17. The molecular weight excluding hydrogens is 232 g/mol. The third kappa shape index (κ3) is 5.04. The molecule has 0 saturated heterocycles. The predicted octanol–water partition coefficient (Wildman–Crippen LogP) is 1.27. The van der Waals surface area contributed by atoms with Crippen molar-refractivity contribution >= 4 is 11.9 Å². The molecule has 1 rings (SSSR count). The molecule has 1 saturated carbocycles. The van der Waals surface area contributed by atoms with Gasteiger partial charge in [-0.3, -0.25) is 9.59 Å². The van der Waals surface area contributed by atoms with Gasteiger partial charge in [0.05, 0.1) is 6.42 Å². The molecule has 0 unspecified atom stereocenters. The van der Waals surface area contributed by atoms with E-state index >= 15 is 0 Å². The van der Waals surface area contributed by atoms with Gasteiger partial charge in [0.1, 0.15) is 0 Å². The molecule has 0 bridgehead atoms. The maximum absolute atomic E-state index is 11.6. The van der Waals surface area contributed by atoms with Crippen LogP contribution in [0.1, 0.15) is 52.4 Å². The first-order valence-electron chi connectivity index (χ1n) is 6.50. The molecule has 1 amide bonds. The van der Waals surface area contributed by atoms with Crippen LogP contribution in [0.4, 0.5) is 0 Å². The molecule has 0 heterocycles. The zero-order valence-electron chi connectivity index (χ0n) is 11.3. The lowest BCUT2D eigenvalue weighted by atomic mass is 9.66. The first kappa shape index (κ1) is 15.0. The van der Waals surface area contributed by atoms with Crippen molar-refractivity contribution in [3.63, 3.8) is 0 Å². The van der Waals surface area contributed by atoms with Crippen LogP contribution in [0, 0.1) is 5.41 Å². The monoisotopic (exact) mass is 256 g/mol. The number of carboxylic acids is 1. The van der Waals surface area contributed by atoms with Gasteiger partial charge in [-0.15, -0.1) is 0 Å². The summed E-state index contributed by atoms with van der Waals surface area (Å²) in [5.41, 5.74) is 5.26. The lowest BCUT2D eigenvalue weighted by Gasteiger charge is -2.40. The van der Waals surface area contributed by atoms with Crippen LogP contribution in [-0.2, 0) is 9.59 Å². The van der Waals surface area contributed by atoms with Crippen molar-refractivity contribution in [2.24, 2.45) is 11.1 Å². The molecule has 1 fully saturated rings. The fourth-order valence-electron chi connectivity index (χ4n) is 2.22. The second-order valence-electron chi connectivity index (χ2n) is 6.19. The SMILES string of the molecule is CC(C)(N)CCC(=O)NCC1(CC(=O)O)CCC1. The third-order valence-corrected chi connectivity index (χ3v) is 3.60. The van der Waals surface area contributed by atoms with Gasteiger partial charge in [-0.05, 0) is 38.5 Å². The van der Waals surface area contributed by atoms with Crippen molar-refractivity contribution in [1.82, 2.24) is 5.32 Å². The topological polar surface area (TPSA) is 92.4 Å². The number of amides is 1. The van der Waals surface area contributed by atoms with E-state index in [1.807, 2.05) is 13.8 Å². The fourth-order valence-corrected chi connectivity index (χ4v) is 2.22. The zero-order valence-corrected chi connectivity index (χ0v) is 11.3. The lowest BCUT2D eigenvalue weighted by molar-refractivity contribution is -0.141. The Hall–Kier alpha value is -1.10. The van der Waals surface area contributed by atoms with Gasteiger partial charge in [0.15, 0.2) is 0 Å². The summed E-state index contributed by atoms with van der Waals surface area (Å²) >= 11 is 0. The zero-order chi connectivity index (χ0) is 13.8. The Balaban J connectivity index is 2.30. The van der Waals surface area contributed by atoms with Gasteiger partial charge in [0, 0.05) is 18.5 Å². The van der Waals surface area contributed by atoms with Gasteiger partial charge < -0.3 is 16.2 Å². The van der Waals surface area contributed by atoms with Gasteiger partial charge >= 0.3 is 5.97 Å². The van der Waals surface area contributed by atoms with E-state index in [9.17, 15) is 9.59 Å². The molecule has 5 nitrogen and oxygen atoms in total. The Morgan fingerprint density at radius 2 is 2.00 bits per heavy atom. The van der Waals surface area contributed by atoms with Crippen LogP contribution < -0.4 is 11.1 Å². The van der Waals surface area contributed by atoms with E-state index in [1.54, 1.807) is 0 Å². The number of carbonyl (C=O) groups excluding carboxylic acids is 1. The van der Waals surface area contributed by atoms with Crippen LogP contribution in [0.15, 0.2) is 0 Å². The number of rotatable bonds is 7. The Morgan fingerprint density at radius 3 is 2.39 bits per heavy atom. The van der Waals surface area contributed by atoms with E-state index < -0.39 is 5.97 Å². The van der Waals surface area contributed by atoms with E-state index in [1.165, 1.54) is 0 Å². The molecule has 0 aliphatic heterocycles. The van der Waals surface area contributed by atoms with E-state index in [-0.39, 0.29) is 23.3 Å². The summed E-state index contributed by atoms with van der Waals surface area (Å²) in [4.78, 5) is 22.4. The minimum Gasteiger partial charge on any atom is -0.481 e. The molecule has 0 aromatic heterocycles. The van der Waals surface area contributed by atoms with Crippen LogP contribution in [0.2, 0.25) is 0 Å². The number of carboxylic acid groups (broad SMARTS) is 1. The van der Waals surface area contributed by atoms with Gasteiger partial charge in [0.25, 0.3) is 0 Å². The minimum absolute atomic E-state index is 0.0369. The van der Waals surface area contributed by atoms with Crippen LogP contribution in [0.5, 0.6) is 0 Å². The van der Waals surface area contributed by atoms with Crippen molar-refractivity contribution in [3.8, 4) is 0 Å². The largest absolute Gasteiger partial charge is 0.481 e. The highest BCUT2D eigenvalue weighted by atomic mass is 16.4. The Morgan fingerprint density at radius 1 is 1.39 bits per heavy atom. The highest BCUT2D eigenvalue weighted by Gasteiger charge is 2.39. The second kappa shape index (κ2) is 5.69. The first-order chi connectivity index (χ1) is 8.22. The number of carbonyl (C=O) groups is 2. The molecule has 1 aliphatic carbocycles. The lowest BCUT2D eigenvalue weighted by Crippen LogP contribution is -2.44. The highest BCUT2D eigenvalue weighted by molar-refractivity contribution is 5.76. The van der Waals surface area contributed by atoms with Gasteiger partial charge in [-0.2, -0.15) is 0 Å². The highest BCUT2D eigenvalue weighted by Crippen LogP contribution is 2.43. The predicted molar refractivity (Wildman–Crippen MR) is 69.0 cm³/mol. The van der Waals surface area contributed by atoms with Crippen molar-refractivity contribution < 1.29 is 14.7 Å². The summed E-state index contributed by atoms with van der Waals surface area (Å²) in [6.07, 6.45) is 4.01. The maximum atomic E-state index is 11.6. The number of hydrogen-bond acceptors (Lipinski definition) is 3. The fraction of sp³-hybridized carbons (Fsp3) is 0.846. The normalized spacial score (nSPS) is 17.9. The second-order valence-corrected chi connectivity index (χ2v) is 6.19. The van der Waals surface area contributed by atoms with Crippen LogP contribution in [-0.4, -0.2) is 29.1 Å². The molecule has 0 atom stereocenters. The molecule has 4 N–H and O–H groups in total. The van der Waals surface area contributed by atoms with Gasteiger partial charge in [-0.25, -0.2) is 0 Å². The number of hydrogen-bond donors (Lipinski definition) is 3. The molecule has 0 spiro atoms. The van der Waals surface area contributed by atoms with Gasteiger partial charge in [-0.1, -0.05) is 6.42 Å². The van der Waals surface area contributed by atoms with Crippen molar-refractivity contribution in [2.75, 3.05) is 6.54 Å². The van der Waals surface area contributed by atoms with E-state index in [2.05, 4.69) is 5.32 Å². The van der Waals surface area contributed by atoms with Crippen LogP contribution in [0.25, 0.3) is 0 Å². The molecule has 104 valence electrons. The molecule has 5 heteroatoms. The maximum Gasteiger partial charge on any atom is 0.303 e. The first-order valence-corrected chi connectivity index (χ1v) is 6.50. The van der Waals surface area contributed by atoms with E-state index in [0.717, 1.165) is 19.3 Å². The quantitative estimate of drug-likeness (QED) is 0.639. The summed E-state index contributed by atoms with van der Waals surface area (Å²) in [5.74, 6) is -0.822. The summed E-state index contributed by atoms with van der Waals surface area (Å²) < 4.78 is 0. The number of nitrogens with one attached hydrogen (secondary N) is 1.